The number of nitrogens with zero attached hydrogens (tertiary/aromatic N) is 2. The molecule has 0 aliphatic heterocycles. The maximum atomic E-state index is 13.6. The van der Waals surface area contributed by atoms with Crippen molar-refractivity contribution in [3.05, 3.63) is 38.7 Å². The first-order valence-corrected chi connectivity index (χ1v) is 7.57. The molecule has 0 unspecified atom stereocenters. The third kappa shape index (κ3) is 3.01. The molecule has 2 rings (SSSR count). The molecule has 2 N–H and O–H groups in total. The molecule has 0 atom stereocenters. The predicted octanol–water partition coefficient (Wildman–Crippen LogP) is 4.69. The number of nitrogens with two attached hydrogens (primary N) is 1. The van der Waals surface area contributed by atoms with Crippen LogP contribution in [0.5, 0.6) is 0 Å². The van der Waals surface area contributed by atoms with Crippen molar-refractivity contribution in [2.75, 3.05) is 5.73 Å². The minimum Gasteiger partial charge on any atom is -0.383 e. The van der Waals surface area contributed by atoms with Crippen LogP contribution in [0.1, 0.15) is 26.5 Å². The van der Waals surface area contributed by atoms with Crippen LogP contribution in [0.4, 0.5) is 10.2 Å². The van der Waals surface area contributed by atoms with E-state index in [9.17, 15) is 4.39 Å². The molecule has 0 bridgehead atoms. The number of halogens is 3. The standard InChI is InChI=1S/C14H14Br2FN3/c1-14(2,3)11-10(16)12(18)20-13(19-11)7-4-5-8(15)9(17)6-7/h4-6H,1-3H3,(H2,18,19,20). The number of anilines is 1. The molecule has 2 aromatic rings. The maximum absolute atomic E-state index is 13.6. The van der Waals surface area contributed by atoms with E-state index in [2.05, 4.69) is 41.8 Å². The zero-order chi connectivity index (χ0) is 15.1. The summed E-state index contributed by atoms with van der Waals surface area (Å²) in [6.07, 6.45) is 0. The number of hydrogen-bond donors (Lipinski definition) is 1. The Morgan fingerprint density at radius 3 is 2.35 bits per heavy atom. The van der Waals surface area contributed by atoms with Crippen LogP contribution in [-0.2, 0) is 5.41 Å². The van der Waals surface area contributed by atoms with Crippen LogP contribution in [0.2, 0.25) is 0 Å². The highest BCUT2D eigenvalue weighted by atomic mass is 79.9. The lowest BCUT2D eigenvalue weighted by molar-refractivity contribution is 0.564. The second-order valence-electron chi connectivity index (χ2n) is 5.47. The lowest BCUT2D eigenvalue weighted by Crippen LogP contribution is -2.17. The summed E-state index contributed by atoms with van der Waals surface area (Å²) in [5, 5.41) is 0. The van der Waals surface area contributed by atoms with E-state index < -0.39 is 0 Å². The summed E-state index contributed by atoms with van der Waals surface area (Å²) in [5.41, 5.74) is 7.11. The van der Waals surface area contributed by atoms with E-state index in [1.54, 1.807) is 12.1 Å². The molecule has 20 heavy (non-hydrogen) atoms. The Bertz CT molecular complexity index is 666. The Kier molecular flexibility index (Phi) is 4.16. The van der Waals surface area contributed by atoms with Crippen molar-refractivity contribution in [2.45, 2.75) is 26.2 Å². The van der Waals surface area contributed by atoms with Crippen LogP contribution in [0.15, 0.2) is 27.1 Å². The maximum Gasteiger partial charge on any atom is 0.161 e. The van der Waals surface area contributed by atoms with E-state index in [4.69, 9.17) is 5.73 Å². The molecule has 3 nitrogen and oxygen atoms in total. The first-order valence-electron chi connectivity index (χ1n) is 5.99. The molecule has 0 fully saturated rings. The van der Waals surface area contributed by atoms with Gasteiger partial charge >= 0.3 is 0 Å². The van der Waals surface area contributed by atoms with Gasteiger partial charge in [0, 0.05) is 11.0 Å². The predicted molar refractivity (Wildman–Crippen MR) is 85.9 cm³/mol. The second-order valence-corrected chi connectivity index (χ2v) is 7.12. The van der Waals surface area contributed by atoms with Gasteiger partial charge in [0.05, 0.1) is 14.6 Å². The second kappa shape index (κ2) is 5.41. The minimum atomic E-state index is -0.357. The summed E-state index contributed by atoms with van der Waals surface area (Å²) >= 11 is 6.54. The summed E-state index contributed by atoms with van der Waals surface area (Å²) in [7, 11) is 0. The molecule has 0 aliphatic carbocycles. The van der Waals surface area contributed by atoms with Crippen molar-refractivity contribution in [3.63, 3.8) is 0 Å². The van der Waals surface area contributed by atoms with E-state index >= 15 is 0 Å². The van der Waals surface area contributed by atoms with Gasteiger partial charge < -0.3 is 5.73 Å². The van der Waals surface area contributed by atoms with E-state index in [-0.39, 0.29) is 11.2 Å². The molecule has 1 aromatic heterocycles. The van der Waals surface area contributed by atoms with Gasteiger partial charge in [0.1, 0.15) is 11.6 Å². The molecule has 6 heteroatoms. The van der Waals surface area contributed by atoms with Crippen LogP contribution in [-0.4, -0.2) is 9.97 Å². The fourth-order valence-corrected chi connectivity index (χ4v) is 2.74. The van der Waals surface area contributed by atoms with Crippen molar-refractivity contribution in [2.24, 2.45) is 0 Å². The first kappa shape index (κ1) is 15.4. The van der Waals surface area contributed by atoms with E-state index in [1.165, 1.54) is 6.07 Å². The Balaban J connectivity index is 2.63. The van der Waals surface area contributed by atoms with Gasteiger partial charge in [0.2, 0.25) is 0 Å². The summed E-state index contributed by atoms with van der Waals surface area (Å²) < 4.78 is 14.7. The summed E-state index contributed by atoms with van der Waals surface area (Å²) in [6, 6.07) is 4.77. The lowest BCUT2D eigenvalue weighted by Gasteiger charge is -2.20. The van der Waals surface area contributed by atoms with Gasteiger partial charge in [0.25, 0.3) is 0 Å². The Hall–Kier alpha value is -1.01. The van der Waals surface area contributed by atoms with Crippen molar-refractivity contribution < 1.29 is 4.39 Å². The molecule has 0 saturated heterocycles. The van der Waals surface area contributed by atoms with Crippen molar-refractivity contribution in [3.8, 4) is 11.4 Å². The lowest BCUT2D eigenvalue weighted by atomic mass is 9.91. The SMILES string of the molecule is CC(C)(C)c1nc(-c2ccc(Br)c(F)c2)nc(N)c1Br. The van der Waals surface area contributed by atoms with Crippen molar-refractivity contribution in [1.29, 1.82) is 0 Å². The summed E-state index contributed by atoms with van der Waals surface area (Å²) in [4.78, 5) is 8.75. The van der Waals surface area contributed by atoms with Crippen LogP contribution in [0, 0.1) is 5.82 Å². The fourth-order valence-electron chi connectivity index (χ4n) is 1.73. The Morgan fingerprint density at radius 2 is 1.80 bits per heavy atom. The average molecular weight is 403 g/mol. The number of benzene rings is 1. The summed E-state index contributed by atoms with van der Waals surface area (Å²) in [6.45, 7) is 6.10. The third-order valence-electron chi connectivity index (χ3n) is 2.77. The number of nitrogen functional groups attached to an aromatic ring is 1. The van der Waals surface area contributed by atoms with E-state index in [0.717, 1.165) is 5.69 Å². The molecule has 0 spiro atoms. The molecule has 1 aromatic carbocycles. The van der Waals surface area contributed by atoms with E-state index in [0.29, 0.717) is 26.2 Å². The Morgan fingerprint density at radius 1 is 1.15 bits per heavy atom. The van der Waals surface area contributed by atoms with Gasteiger partial charge in [-0.15, -0.1) is 0 Å². The number of rotatable bonds is 1. The highest BCUT2D eigenvalue weighted by molar-refractivity contribution is 9.11. The van der Waals surface area contributed by atoms with E-state index in [1.807, 2.05) is 20.8 Å². The van der Waals surface area contributed by atoms with Crippen LogP contribution in [0.3, 0.4) is 0 Å². The molecular weight excluding hydrogens is 389 g/mol. The van der Waals surface area contributed by atoms with Gasteiger partial charge in [-0.1, -0.05) is 20.8 Å². The molecular formula is C14H14Br2FN3. The highest BCUT2D eigenvalue weighted by Gasteiger charge is 2.22. The fraction of sp³-hybridized carbons (Fsp3) is 0.286. The number of aromatic nitrogens is 2. The molecule has 1 heterocycles. The van der Waals surface area contributed by atoms with Gasteiger partial charge in [-0.05, 0) is 50.1 Å². The largest absolute Gasteiger partial charge is 0.383 e. The molecule has 106 valence electrons. The first-order chi connectivity index (χ1) is 9.20. The number of hydrogen-bond acceptors (Lipinski definition) is 3. The minimum absolute atomic E-state index is 0.196. The summed E-state index contributed by atoms with van der Waals surface area (Å²) in [5.74, 6) is 0.412. The molecule has 0 saturated carbocycles. The van der Waals surface area contributed by atoms with Crippen LogP contribution >= 0.6 is 31.9 Å². The smallest absolute Gasteiger partial charge is 0.161 e. The van der Waals surface area contributed by atoms with Gasteiger partial charge in [-0.3, -0.25) is 0 Å². The Labute approximate surface area is 134 Å². The normalized spacial score (nSPS) is 11.7. The van der Waals surface area contributed by atoms with Crippen molar-refractivity contribution >= 4 is 37.7 Å². The van der Waals surface area contributed by atoms with Crippen LogP contribution < -0.4 is 5.73 Å². The van der Waals surface area contributed by atoms with Gasteiger partial charge in [-0.25, -0.2) is 14.4 Å². The third-order valence-corrected chi connectivity index (χ3v) is 4.19. The van der Waals surface area contributed by atoms with Crippen molar-refractivity contribution in [1.82, 2.24) is 9.97 Å². The monoisotopic (exact) mass is 401 g/mol. The molecule has 0 amide bonds. The topological polar surface area (TPSA) is 51.8 Å². The van der Waals surface area contributed by atoms with Gasteiger partial charge in [0.15, 0.2) is 5.82 Å². The molecule has 0 radical (unpaired) electrons. The average Bonchev–Trinajstić information content (AvgIpc) is 2.34. The zero-order valence-corrected chi connectivity index (χ0v) is 14.5. The zero-order valence-electron chi connectivity index (χ0n) is 11.3. The highest BCUT2D eigenvalue weighted by Crippen LogP contribution is 2.33. The molecule has 0 aliphatic rings. The van der Waals surface area contributed by atoms with Gasteiger partial charge in [-0.2, -0.15) is 0 Å². The van der Waals surface area contributed by atoms with Crippen LogP contribution in [0.25, 0.3) is 11.4 Å². The quantitative estimate of drug-likeness (QED) is 0.752.